The van der Waals surface area contributed by atoms with E-state index in [2.05, 4.69) is 15.3 Å². The zero-order valence-electron chi connectivity index (χ0n) is 11.9. The maximum absolute atomic E-state index is 12.5. The molecule has 0 spiro atoms. The van der Waals surface area contributed by atoms with Crippen LogP contribution in [0.25, 0.3) is 22.0 Å². The molecule has 5 nitrogen and oxygen atoms in total. The van der Waals surface area contributed by atoms with Gasteiger partial charge in [0.2, 0.25) is 0 Å². The largest absolute Gasteiger partial charge is 0.441 e. The number of anilines is 1. The molecule has 108 valence electrons. The fourth-order valence-electron chi connectivity index (χ4n) is 2.59. The molecule has 22 heavy (non-hydrogen) atoms. The Morgan fingerprint density at radius 1 is 1.23 bits per heavy atom. The van der Waals surface area contributed by atoms with Crippen LogP contribution in [0.3, 0.4) is 0 Å². The van der Waals surface area contributed by atoms with Crippen molar-refractivity contribution in [2.24, 2.45) is 0 Å². The van der Waals surface area contributed by atoms with E-state index in [1.165, 1.54) is 0 Å². The monoisotopic (exact) mass is 291 g/mol. The van der Waals surface area contributed by atoms with Gasteiger partial charge in [-0.1, -0.05) is 12.1 Å². The van der Waals surface area contributed by atoms with Crippen LogP contribution in [0, 0.1) is 6.92 Å². The summed E-state index contributed by atoms with van der Waals surface area (Å²) in [5, 5.41) is 3.90. The van der Waals surface area contributed by atoms with Crippen LogP contribution in [0.5, 0.6) is 0 Å². The Hall–Kier alpha value is -3.08. The van der Waals surface area contributed by atoms with E-state index < -0.39 is 0 Å². The van der Waals surface area contributed by atoms with Gasteiger partial charge in [-0.05, 0) is 24.3 Å². The minimum atomic E-state index is -0.163. The van der Waals surface area contributed by atoms with Crippen LogP contribution >= 0.6 is 0 Å². The van der Waals surface area contributed by atoms with Crippen molar-refractivity contribution in [1.82, 2.24) is 9.97 Å². The molecular formula is C17H13N3O2. The number of aromatic amines is 1. The number of nitrogens with one attached hydrogen (secondary N) is 2. The van der Waals surface area contributed by atoms with Crippen LogP contribution in [-0.2, 0) is 0 Å². The summed E-state index contributed by atoms with van der Waals surface area (Å²) in [5.41, 5.74) is 3.56. The summed E-state index contributed by atoms with van der Waals surface area (Å²) in [6.07, 6.45) is 1.82. The number of aromatic nitrogens is 2. The molecule has 0 saturated heterocycles. The molecular weight excluding hydrogens is 278 g/mol. The molecule has 5 heteroatoms. The van der Waals surface area contributed by atoms with Gasteiger partial charge in [-0.2, -0.15) is 0 Å². The number of amides is 1. The third-order valence-corrected chi connectivity index (χ3v) is 3.59. The molecule has 2 aromatic heterocycles. The smallest absolute Gasteiger partial charge is 0.257 e. The first-order chi connectivity index (χ1) is 10.7. The zero-order chi connectivity index (χ0) is 15.1. The molecule has 2 heterocycles. The molecule has 0 fully saturated rings. The molecule has 0 bridgehead atoms. The Labute approximate surface area is 126 Å². The summed E-state index contributed by atoms with van der Waals surface area (Å²) >= 11 is 0. The van der Waals surface area contributed by atoms with Crippen LogP contribution in [-0.4, -0.2) is 15.9 Å². The maximum Gasteiger partial charge on any atom is 0.257 e. The maximum atomic E-state index is 12.5. The molecule has 0 atom stereocenters. The highest BCUT2D eigenvalue weighted by atomic mass is 16.3. The zero-order valence-corrected chi connectivity index (χ0v) is 11.9. The minimum absolute atomic E-state index is 0.163. The van der Waals surface area contributed by atoms with Crippen molar-refractivity contribution >= 4 is 33.6 Å². The summed E-state index contributed by atoms with van der Waals surface area (Å²) in [6.45, 7) is 1.80. The first-order valence-corrected chi connectivity index (χ1v) is 6.95. The lowest BCUT2D eigenvalue weighted by Crippen LogP contribution is -2.12. The van der Waals surface area contributed by atoms with Gasteiger partial charge in [0.15, 0.2) is 11.5 Å². The Kier molecular flexibility index (Phi) is 2.72. The summed E-state index contributed by atoms with van der Waals surface area (Å²) in [6, 6.07) is 13.0. The second kappa shape index (κ2) is 4.73. The van der Waals surface area contributed by atoms with Crippen molar-refractivity contribution in [1.29, 1.82) is 0 Å². The SMILES string of the molecule is Cc1nc2ccc(NC(=O)c3cccc4cc[nH]c34)cc2o1. The van der Waals surface area contributed by atoms with Crippen LogP contribution < -0.4 is 5.32 Å². The van der Waals surface area contributed by atoms with Gasteiger partial charge >= 0.3 is 0 Å². The summed E-state index contributed by atoms with van der Waals surface area (Å²) in [4.78, 5) is 19.8. The van der Waals surface area contributed by atoms with E-state index in [0.29, 0.717) is 22.7 Å². The third kappa shape index (κ3) is 2.03. The van der Waals surface area contributed by atoms with Crippen LogP contribution in [0.1, 0.15) is 16.2 Å². The molecule has 4 rings (SSSR count). The molecule has 0 saturated carbocycles. The molecule has 0 radical (unpaired) electrons. The number of rotatable bonds is 2. The van der Waals surface area contributed by atoms with Crippen LogP contribution in [0.4, 0.5) is 5.69 Å². The van der Waals surface area contributed by atoms with Gasteiger partial charge in [0.1, 0.15) is 5.52 Å². The van der Waals surface area contributed by atoms with Gasteiger partial charge in [0.05, 0.1) is 11.1 Å². The van der Waals surface area contributed by atoms with Gasteiger partial charge in [-0.15, -0.1) is 0 Å². The number of hydrogen-bond acceptors (Lipinski definition) is 3. The fraction of sp³-hybridized carbons (Fsp3) is 0.0588. The lowest BCUT2D eigenvalue weighted by molar-refractivity contribution is 0.102. The lowest BCUT2D eigenvalue weighted by Gasteiger charge is -2.06. The summed E-state index contributed by atoms with van der Waals surface area (Å²) in [5.74, 6) is 0.443. The number of nitrogens with zero attached hydrogens (tertiary/aromatic N) is 1. The molecule has 2 N–H and O–H groups in total. The predicted octanol–water partition coefficient (Wildman–Crippen LogP) is 3.87. The van der Waals surface area contributed by atoms with Gasteiger partial charge in [0, 0.05) is 30.3 Å². The Morgan fingerprint density at radius 3 is 3.05 bits per heavy atom. The topological polar surface area (TPSA) is 70.9 Å². The molecule has 0 aliphatic heterocycles. The number of carbonyl (C=O) groups excluding carboxylic acids is 1. The van der Waals surface area contributed by atoms with Crippen LogP contribution in [0.2, 0.25) is 0 Å². The van der Waals surface area contributed by atoms with Gasteiger partial charge in [-0.25, -0.2) is 4.98 Å². The van der Waals surface area contributed by atoms with Gasteiger partial charge in [-0.3, -0.25) is 4.79 Å². The van der Waals surface area contributed by atoms with E-state index in [0.717, 1.165) is 16.4 Å². The number of benzene rings is 2. The Bertz CT molecular complexity index is 997. The number of aryl methyl sites for hydroxylation is 1. The minimum Gasteiger partial charge on any atom is -0.441 e. The van der Waals surface area contributed by atoms with Crippen LogP contribution in [0.15, 0.2) is 53.1 Å². The number of fused-ring (bicyclic) bond motifs is 2. The lowest BCUT2D eigenvalue weighted by atomic mass is 10.1. The summed E-state index contributed by atoms with van der Waals surface area (Å²) < 4.78 is 5.49. The van der Waals surface area contributed by atoms with E-state index in [9.17, 15) is 4.79 Å². The molecule has 0 unspecified atom stereocenters. The highest BCUT2D eigenvalue weighted by molar-refractivity contribution is 6.12. The van der Waals surface area contributed by atoms with Gasteiger partial charge in [0.25, 0.3) is 5.91 Å². The van der Waals surface area contributed by atoms with Gasteiger partial charge < -0.3 is 14.7 Å². The number of hydrogen-bond donors (Lipinski definition) is 2. The predicted molar refractivity (Wildman–Crippen MR) is 85.0 cm³/mol. The summed E-state index contributed by atoms with van der Waals surface area (Å²) in [7, 11) is 0. The Morgan fingerprint density at radius 2 is 2.14 bits per heavy atom. The molecule has 2 aromatic carbocycles. The number of carbonyl (C=O) groups is 1. The van der Waals surface area contributed by atoms with E-state index in [1.54, 1.807) is 19.1 Å². The molecule has 0 aliphatic rings. The van der Waals surface area contributed by atoms with Crippen molar-refractivity contribution in [2.75, 3.05) is 5.32 Å². The van der Waals surface area contributed by atoms with Crippen molar-refractivity contribution in [3.8, 4) is 0 Å². The van der Waals surface area contributed by atoms with Crippen molar-refractivity contribution in [3.63, 3.8) is 0 Å². The first kappa shape index (κ1) is 12.6. The molecule has 4 aromatic rings. The van der Waals surface area contributed by atoms with E-state index in [-0.39, 0.29) is 5.91 Å². The van der Waals surface area contributed by atoms with E-state index in [4.69, 9.17) is 4.42 Å². The number of oxazole rings is 1. The average molecular weight is 291 g/mol. The second-order valence-corrected chi connectivity index (χ2v) is 5.12. The highest BCUT2D eigenvalue weighted by Crippen LogP contribution is 2.22. The molecule has 0 aliphatic carbocycles. The average Bonchev–Trinajstić information content (AvgIpc) is 3.11. The van der Waals surface area contributed by atoms with Crippen molar-refractivity contribution < 1.29 is 9.21 Å². The third-order valence-electron chi connectivity index (χ3n) is 3.59. The van der Waals surface area contributed by atoms with E-state index in [1.807, 2.05) is 36.5 Å². The van der Waals surface area contributed by atoms with Crippen molar-refractivity contribution in [2.45, 2.75) is 6.92 Å². The molecule has 1 amide bonds. The number of H-pyrrole nitrogens is 1. The fourth-order valence-corrected chi connectivity index (χ4v) is 2.59. The Balaban J connectivity index is 1.69. The number of para-hydroxylation sites is 1. The quantitative estimate of drug-likeness (QED) is 0.589. The normalized spacial score (nSPS) is 11.1. The van der Waals surface area contributed by atoms with Crippen molar-refractivity contribution in [3.05, 3.63) is 60.1 Å². The standard InChI is InChI=1S/C17H13N3O2/c1-10-19-14-6-5-12(9-15(14)22-10)20-17(21)13-4-2-3-11-7-8-18-16(11)13/h2-9,18H,1H3,(H,20,21). The van der Waals surface area contributed by atoms with E-state index >= 15 is 0 Å². The first-order valence-electron chi connectivity index (χ1n) is 6.95. The highest BCUT2D eigenvalue weighted by Gasteiger charge is 2.12. The second-order valence-electron chi connectivity index (χ2n) is 5.12.